The van der Waals surface area contributed by atoms with Crippen molar-refractivity contribution in [1.82, 2.24) is 20.1 Å². The fourth-order valence-electron chi connectivity index (χ4n) is 3.78. The number of hydrogen-bond donors (Lipinski definition) is 0. The maximum atomic E-state index is 4.83. The predicted molar refractivity (Wildman–Crippen MR) is 114 cm³/mol. The molecule has 5 nitrogen and oxygen atoms in total. The summed E-state index contributed by atoms with van der Waals surface area (Å²) in [5, 5.41) is 12.6. The summed E-state index contributed by atoms with van der Waals surface area (Å²) in [5.74, 6) is 1.73. The van der Waals surface area contributed by atoms with E-state index in [1.807, 2.05) is 17.4 Å². The molecule has 5 rings (SSSR count). The van der Waals surface area contributed by atoms with Gasteiger partial charge < -0.3 is 4.90 Å². The van der Waals surface area contributed by atoms with Crippen LogP contribution in [0.15, 0.2) is 41.8 Å². The molecule has 2 fully saturated rings. The molecule has 1 aliphatic heterocycles. The van der Waals surface area contributed by atoms with Crippen molar-refractivity contribution in [2.24, 2.45) is 0 Å². The highest BCUT2D eigenvalue weighted by atomic mass is 32.1. The molecule has 6 heteroatoms. The molecule has 0 spiro atoms. The van der Waals surface area contributed by atoms with E-state index in [1.165, 1.54) is 29.1 Å². The summed E-state index contributed by atoms with van der Waals surface area (Å²) < 4.78 is 0. The SMILES string of the molecule is Cc1ccccc1-c1ccc(N2CCN(Cc3csc(C4CC4)n3)CC2)nn1. The van der Waals surface area contributed by atoms with Gasteiger partial charge in [-0.15, -0.1) is 21.5 Å². The van der Waals surface area contributed by atoms with Crippen molar-refractivity contribution >= 4 is 17.2 Å². The number of benzene rings is 1. The van der Waals surface area contributed by atoms with Gasteiger partial charge in [0.15, 0.2) is 5.82 Å². The summed E-state index contributed by atoms with van der Waals surface area (Å²) in [4.78, 5) is 9.66. The van der Waals surface area contributed by atoms with Crippen molar-refractivity contribution in [2.75, 3.05) is 31.1 Å². The fraction of sp³-hybridized carbons (Fsp3) is 0.409. The first-order valence-corrected chi connectivity index (χ1v) is 11.0. The number of hydrogen-bond acceptors (Lipinski definition) is 6. The molecule has 0 N–H and O–H groups in total. The van der Waals surface area contributed by atoms with Gasteiger partial charge in [-0.25, -0.2) is 4.98 Å². The van der Waals surface area contributed by atoms with Crippen molar-refractivity contribution in [3.05, 3.63) is 58.0 Å². The number of aryl methyl sites for hydroxylation is 1. The van der Waals surface area contributed by atoms with E-state index in [0.29, 0.717) is 0 Å². The standard InChI is InChI=1S/C22H25N5S/c1-16-4-2-3-5-19(16)20-8-9-21(25-24-20)27-12-10-26(11-13-27)14-18-15-28-22(23-18)17-6-7-17/h2-5,8-9,15,17H,6-7,10-14H2,1H3. The first kappa shape index (κ1) is 17.8. The minimum atomic E-state index is 0.761. The molecule has 0 amide bonds. The molecular formula is C22H25N5S. The van der Waals surface area contributed by atoms with Crippen LogP contribution in [0.1, 0.15) is 35.0 Å². The average Bonchev–Trinajstić information content (AvgIpc) is 3.48. The molecule has 0 radical (unpaired) electrons. The highest BCUT2D eigenvalue weighted by Crippen LogP contribution is 2.41. The van der Waals surface area contributed by atoms with Crippen LogP contribution < -0.4 is 4.90 Å². The van der Waals surface area contributed by atoms with E-state index in [0.717, 1.165) is 55.7 Å². The lowest BCUT2D eigenvalue weighted by Gasteiger charge is -2.34. The molecule has 1 aromatic carbocycles. The van der Waals surface area contributed by atoms with Crippen LogP contribution in [0, 0.1) is 6.92 Å². The van der Waals surface area contributed by atoms with E-state index in [-0.39, 0.29) is 0 Å². The molecule has 0 atom stereocenters. The van der Waals surface area contributed by atoms with Crippen molar-refractivity contribution in [2.45, 2.75) is 32.2 Å². The molecular weight excluding hydrogens is 366 g/mol. The highest BCUT2D eigenvalue weighted by Gasteiger charge is 2.27. The topological polar surface area (TPSA) is 45.2 Å². The summed E-state index contributed by atoms with van der Waals surface area (Å²) in [6.45, 7) is 7.13. The minimum absolute atomic E-state index is 0.761. The zero-order chi connectivity index (χ0) is 18.9. The Kier molecular flexibility index (Phi) is 4.82. The Balaban J connectivity index is 1.19. The van der Waals surface area contributed by atoms with Crippen LogP contribution in [-0.4, -0.2) is 46.3 Å². The van der Waals surface area contributed by atoms with Crippen LogP contribution in [0.3, 0.4) is 0 Å². The third-order valence-corrected chi connectivity index (χ3v) is 6.71. The summed E-state index contributed by atoms with van der Waals surface area (Å²) in [6, 6.07) is 12.5. The van der Waals surface area contributed by atoms with Gasteiger partial charge in [0.2, 0.25) is 0 Å². The second kappa shape index (κ2) is 7.60. The molecule has 2 aliphatic rings. The number of nitrogens with zero attached hydrogens (tertiary/aromatic N) is 5. The van der Waals surface area contributed by atoms with Crippen molar-refractivity contribution < 1.29 is 0 Å². The van der Waals surface area contributed by atoms with Gasteiger partial charge in [-0.3, -0.25) is 4.90 Å². The van der Waals surface area contributed by atoms with Crippen LogP contribution in [0.4, 0.5) is 5.82 Å². The normalized spacial score (nSPS) is 17.8. The van der Waals surface area contributed by atoms with Crippen LogP contribution in [0.2, 0.25) is 0 Å². The van der Waals surface area contributed by atoms with E-state index >= 15 is 0 Å². The Morgan fingerprint density at radius 2 is 1.82 bits per heavy atom. The third-order valence-electron chi connectivity index (χ3n) is 5.65. The first-order chi connectivity index (χ1) is 13.8. The summed E-state index contributed by atoms with van der Waals surface area (Å²) >= 11 is 1.84. The molecule has 28 heavy (non-hydrogen) atoms. The van der Waals surface area contributed by atoms with Crippen LogP contribution in [-0.2, 0) is 6.54 Å². The molecule has 3 heterocycles. The number of anilines is 1. The minimum Gasteiger partial charge on any atom is -0.353 e. The summed E-state index contributed by atoms with van der Waals surface area (Å²) in [7, 11) is 0. The number of aromatic nitrogens is 3. The van der Waals surface area contributed by atoms with Crippen molar-refractivity contribution in [3.8, 4) is 11.3 Å². The number of thiazole rings is 1. The van der Waals surface area contributed by atoms with Crippen molar-refractivity contribution in [3.63, 3.8) is 0 Å². The highest BCUT2D eigenvalue weighted by molar-refractivity contribution is 7.09. The number of rotatable bonds is 5. The van der Waals surface area contributed by atoms with Gasteiger partial charge in [0.25, 0.3) is 0 Å². The molecule has 1 aliphatic carbocycles. The molecule has 2 aromatic heterocycles. The van der Waals surface area contributed by atoms with E-state index in [2.05, 4.69) is 62.6 Å². The summed E-state index contributed by atoms with van der Waals surface area (Å²) in [5.41, 5.74) is 4.56. The van der Waals surface area contributed by atoms with Crippen LogP contribution in [0.5, 0.6) is 0 Å². The lowest BCUT2D eigenvalue weighted by molar-refractivity contribution is 0.247. The second-order valence-corrected chi connectivity index (χ2v) is 8.70. The van der Waals surface area contributed by atoms with E-state index in [9.17, 15) is 0 Å². The van der Waals surface area contributed by atoms with Gasteiger partial charge >= 0.3 is 0 Å². The van der Waals surface area contributed by atoms with E-state index < -0.39 is 0 Å². The van der Waals surface area contributed by atoms with Crippen LogP contribution in [0.25, 0.3) is 11.3 Å². The average molecular weight is 392 g/mol. The Bertz CT molecular complexity index is 940. The van der Waals surface area contributed by atoms with E-state index in [1.54, 1.807) is 0 Å². The Morgan fingerprint density at radius 3 is 2.54 bits per heavy atom. The van der Waals surface area contributed by atoms with Gasteiger partial charge in [0, 0.05) is 49.6 Å². The van der Waals surface area contributed by atoms with Gasteiger partial charge in [0.05, 0.1) is 16.4 Å². The lowest BCUT2D eigenvalue weighted by Crippen LogP contribution is -2.46. The van der Waals surface area contributed by atoms with Crippen molar-refractivity contribution in [1.29, 1.82) is 0 Å². The monoisotopic (exact) mass is 391 g/mol. The summed E-state index contributed by atoms with van der Waals surface area (Å²) in [6.07, 6.45) is 2.66. The Labute approximate surface area is 170 Å². The zero-order valence-electron chi connectivity index (χ0n) is 16.2. The molecule has 0 bridgehead atoms. The van der Waals surface area contributed by atoms with Gasteiger partial charge in [0.1, 0.15) is 0 Å². The van der Waals surface area contributed by atoms with Crippen LogP contribution >= 0.6 is 11.3 Å². The largest absolute Gasteiger partial charge is 0.353 e. The lowest BCUT2D eigenvalue weighted by atomic mass is 10.1. The maximum absolute atomic E-state index is 4.83. The maximum Gasteiger partial charge on any atom is 0.151 e. The number of piperazine rings is 1. The first-order valence-electron chi connectivity index (χ1n) is 10.1. The third kappa shape index (κ3) is 3.80. The molecule has 144 valence electrons. The molecule has 3 aromatic rings. The zero-order valence-corrected chi connectivity index (χ0v) is 17.0. The Morgan fingerprint density at radius 1 is 1.00 bits per heavy atom. The van der Waals surface area contributed by atoms with Gasteiger partial charge in [-0.2, -0.15) is 0 Å². The van der Waals surface area contributed by atoms with Gasteiger partial charge in [-0.1, -0.05) is 24.3 Å². The molecule has 1 saturated heterocycles. The second-order valence-electron chi connectivity index (χ2n) is 7.81. The molecule has 0 unspecified atom stereocenters. The van der Waals surface area contributed by atoms with Gasteiger partial charge in [-0.05, 0) is 37.5 Å². The quantitative estimate of drug-likeness (QED) is 0.655. The Hall–Kier alpha value is -2.31. The fourth-order valence-corrected chi connectivity index (χ4v) is 4.76. The van der Waals surface area contributed by atoms with E-state index in [4.69, 9.17) is 4.98 Å². The smallest absolute Gasteiger partial charge is 0.151 e. The predicted octanol–water partition coefficient (Wildman–Crippen LogP) is 4.11. The molecule has 1 saturated carbocycles.